The van der Waals surface area contributed by atoms with E-state index in [4.69, 9.17) is 14.7 Å². The third-order valence-corrected chi connectivity index (χ3v) is 12.7. The van der Waals surface area contributed by atoms with E-state index in [-0.39, 0.29) is 17.4 Å². The highest BCUT2D eigenvalue weighted by Crippen LogP contribution is 2.44. The van der Waals surface area contributed by atoms with Crippen molar-refractivity contribution in [2.75, 3.05) is 60.5 Å². The predicted octanol–water partition coefficient (Wildman–Crippen LogP) is 7.90. The van der Waals surface area contributed by atoms with Crippen LogP contribution < -0.4 is 5.43 Å². The Morgan fingerprint density at radius 3 is 2.65 bits per heavy atom. The molecule has 2 aliphatic rings. The first-order chi connectivity index (χ1) is 26.5. The number of piperidine rings is 1. The van der Waals surface area contributed by atoms with Crippen LogP contribution in [0, 0.1) is 5.41 Å². The number of hydrazine groups is 1. The highest BCUT2D eigenvalue weighted by Gasteiger charge is 2.30. The summed E-state index contributed by atoms with van der Waals surface area (Å²) in [5.41, 5.74) is 12.2. The Hall–Kier alpha value is -3.48. The van der Waals surface area contributed by atoms with E-state index in [2.05, 4.69) is 97.4 Å². The summed E-state index contributed by atoms with van der Waals surface area (Å²) in [6.07, 6.45) is 10.6. The van der Waals surface area contributed by atoms with Crippen LogP contribution in [0.25, 0.3) is 33.4 Å². The second kappa shape index (κ2) is 18.6. The molecule has 11 heteroatoms. The monoisotopic (exact) mass is 769 g/mol. The normalized spacial score (nSPS) is 16.7. The third kappa shape index (κ3) is 9.92. The van der Waals surface area contributed by atoms with Crippen molar-refractivity contribution in [2.45, 2.75) is 104 Å². The molecule has 0 saturated carbocycles. The first kappa shape index (κ1) is 41.2. The smallest absolute Gasteiger partial charge is 0.237 e. The summed E-state index contributed by atoms with van der Waals surface area (Å²) in [6.45, 7) is 15.7. The fourth-order valence-corrected chi connectivity index (χ4v) is 9.20. The van der Waals surface area contributed by atoms with Gasteiger partial charge in [-0.2, -0.15) is 0 Å². The SMILES string of the molecule is CCn1c(-c2cc(C3CCN(CCN(C)C)CC3)cnc2C(C)OC)c(CC(C)(C)CCC=O)c2cc(-c3csc(CCC(=O)N4CCCCN4)n3)ccc21. The van der Waals surface area contributed by atoms with E-state index in [1.807, 2.05) is 0 Å². The lowest BCUT2D eigenvalue weighted by Gasteiger charge is -2.33. The molecular formula is C44H63N7O3S. The van der Waals surface area contributed by atoms with Gasteiger partial charge in [0.2, 0.25) is 5.91 Å². The van der Waals surface area contributed by atoms with Crippen molar-refractivity contribution in [3.05, 3.63) is 57.7 Å². The highest BCUT2D eigenvalue weighted by molar-refractivity contribution is 7.09. The zero-order valence-electron chi connectivity index (χ0n) is 34.3. The van der Waals surface area contributed by atoms with Gasteiger partial charge in [0.25, 0.3) is 0 Å². The molecule has 1 amide bonds. The number of ether oxygens (including phenoxy) is 1. The molecule has 3 aromatic heterocycles. The van der Waals surface area contributed by atoms with Gasteiger partial charge in [0.1, 0.15) is 6.29 Å². The van der Waals surface area contributed by atoms with Crippen molar-refractivity contribution in [1.29, 1.82) is 0 Å². The highest BCUT2D eigenvalue weighted by atomic mass is 32.1. The van der Waals surface area contributed by atoms with Crippen molar-refractivity contribution in [3.63, 3.8) is 0 Å². The molecule has 1 aromatic carbocycles. The maximum Gasteiger partial charge on any atom is 0.237 e. The number of amides is 1. The lowest BCUT2D eigenvalue weighted by molar-refractivity contribution is -0.135. The van der Waals surface area contributed by atoms with Crippen LogP contribution in [0.1, 0.15) is 106 Å². The standard InChI is InChI=1S/C44H63N7O3S/c1-8-50-39-13-12-33(38-30-55-40(47-38)14-15-41(53)51-20-10-9-19-46-51)26-35(39)37(28-44(3,4)18-11-25-52)43(50)36-27-34(29-45-42(36)31(2)54-7)32-16-21-49(22-17-32)24-23-48(5)6/h12-13,25-27,29-32,46H,8-11,14-24,28H2,1-7H3. The van der Waals surface area contributed by atoms with Gasteiger partial charge in [-0.25, -0.2) is 10.4 Å². The van der Waals surface area contributed by atoms with E-state index in [1.54, 1.807) is 23.5 Å². The molecule has 0 spiro atoms. The van der Waals surface area contributed by atoms with E-state index in [0.29, 0.717) is 25.2 Å². The molecular weight excluding hydrogens is 707 g/mol. The van der Waals surface area contributed by atoms with Crippen LogP contribution in [0.4, 0.5) is 0 Å². The van der Waals surface area contributed by atoms with Crippen LogP contribution >= 0.6 is 11.3 Å². The first-order valence-corrected chi connectivity index (χ1v) is 21.4. The summed E-state index contributed by atoms with van der Waals surface area (Å²) in [5.74, 6) is 0.594. The minimum absolute atomic E-state index is 0.112. The molecule has 2 aliphatic heterocycles. The van der Waals surface area contributed by atoms with Crippen LogP contribution in [0.3, 0.4) is 0 Å². The number of pyridine rings is 1. The molecule has 5 heterocycles. The van der Waals surface area contributed by atoms with Gasteiger partial charge in [-0.3, -0.25) is 14.8 Å². The topological polar surface area (TPSA) is 95.8 Å². The summed E-state index contributed by atoms with van der Waals surface area (Å²) < 4.78 is 8.44. The second-order valence-corrected chi connectivity index (χ2v) is 17.6. The summed E-state index contributed by atoms with van der Waals surface area (Å²) >= 11 is 1.63. The molecule has 298 valence electrons. The van der Waals surface area contributed by atoms with Crippen LogP contribution in [0.5, 0.6) is 0 Å². The van der Waals surface area contributed by atoms with Crippen molar-refractivity contribution < 1.29 is 14.3 Å². The molecule has 1 atom stereocenters. The van der Waals surface area contributed by atoms with Gasteiger partial charge in [-0.1, -0.05) is 19.9 Å². The van der Waals surface area contributed by atoms with E-state index in [9.17, 15) is 9.59 Å². The molecule has 0 radical (unpaired) electrons. The number of aldehydes is 1. The third-order valence-electron chi connectivity index (χ3n) is 11.7. The minimum atomic E-state index is -0.183. The largest absolute Gasteiger partial charge is 0.375 e. The summed E-state index contributed by atoms with van der Waals surface area (Å²) in [7, 11) is 6.06. The van der Waals surface area contributed by atoms with E-state index in [0.717, 1.165) is 118 Å². The summed E-state index contributed by atoms with van der Waals surface area (Å²) in [6, 6.07) is 9.19. The number of rotatable bonds is 17. The zero-order chi connectivity index (χ0) is 39.1. The van der Waals surface area contributed by atoms with Gasteiger partial charge in [-0.05, 0) is 120 Å². The molecule has 55 heavy (non-hydrogen) atoms. The fourth-order valence-electron chi connectivity index (χ4n) is 8.39. The lowest BCUT2D eigenvalue weighted by Crippen LogP contribution is -2.47. The van der Waals surface area contributed by atoms with Crippen LogP contribution in [-0.4, -0.2) is 102 Å². The minimum Gasteiger partial charge on any atom is -0.375 e. The fraction of sp³-hybridized carbons (Fsp3) is 0.591. The lowest BCUT2D eigenvalue weighted by atomic mass is 9.80. The number of aryl methyl sites for hydroxylation is 2. The number of fused-ring (bicyclic) bond motifs is 1. The number of aromatic nitrogens is 3. The van der Waals surface area contributed by atoms with E-state index < -0.39 is 0 Å². The Morgan fingerprint density at radius 2 is 1.96 bits per heavy atom. The van der Waals surface area contributed by atoms with Gasteiger partial charge in [0.15, 0.2) is 0 Å². The Kier molecular flexibility index (Phi) is 14.0. The van der Waals surface area contributed by atoms with Gasteiger partial charge < -0.3 is 23.9 Å². The number of carbonyl (C=O) groups is 2. The maximum absolute atomic E-state index is 12.8. The summed E-state index contributed by atoms with van der Waals surface area (Å²) in [5, 5.41) is 6.10. The number of nitrogens with zero attached hydrogens (tertiary/aromatic N) is 6. The number of methoxy groups -OCH3 is 1. The predicted molar refractivity (Wildman–Crippen MR) is 224 cm³/mol. The van der Waals surface area contributed by atoms with E-state index in [1.165, 1.54) is 27.7 Å². The Labute approximate surface area is 332 Å². The van der Waals surface area contributed by atoms with Gasteiger partial charge in [-0.15, -0.1) is 11.3 Å². The van der Waals surface area contributed by atoms with Gasteiger partial charge in [0, 0.05) is 92.7 Å². The number of carbonyl (C=O) groups excluding carboxylic acids is 2. The van der Waals surface area contributed by atoms with E-state index >= 15 is 0 Å². The Bertz CT molecular complexity index is 1900. The number of thiazole rings is 1. The van der Waals surface area contributed by atoms with Crippen molar-refractivity contribution in [2.24, 2.45) is 5.41 Å². The molecule has 0 bridgehead atoms. The van der Waals surface area contributed by atoms with Crippen LogP contribution in [0.15, 0.2) is 35.8 Å². The van der Waals surface area contributed by atoms with Crippen molar-refractivity contribution >= 4 is 34.4 Å². The summed E-state index contributed by atoms with van der Waals surface area (Å²) in [4.78, 5) is 39.5. The molecule has 2 saturated heterocycles. The number of benzene rings is 1. The molecule has 6 rings (SSSR count). The molecule has 1 N–H and O–H groups in total. The molecule has 2 fully saturated rings. The number of hydrogen-bond acceptors (Lipinski definition) is 9. The quantitative estimate of drug-likeness (QED) is 0.108. The number of likely N-dealkylation sites (tertiary alicyclic amines) is 1. The average Bonchev–Trinajstić information content (AvgIpc) is 3.80. The van der Waals surface area contributed by atoms with Crippen molar-refractivity contribution in [3.8, 4) is 22.5 Å². The number of hydrogen-bond donors (Lipinski definition) is 1. The second-order valence-electron chi connectivity index (χ2n) is 16.6. The number of likely N-dealkylation sites (N-methyl/N-ethyl adjacent to an activating group) is 1. The molecule has 0 aliphatic carbocycles. The zero-order valence-corrected chi connectivity index (χ0v) is 35.1. The van der Waals surface area contributed by atoms with Crippen molar-refractivity contribution in [1.82, 2.24) is 34.8 Å². The first-order valence-electron chi connectivity index (χ1n) is 20.5. The molecule has 4 aromatic rings. The number of nitrogens with one attached hydrogen (secondary N) is 1. The van der Waals surface area contributed by atoms with Crippen LogP contribution in [-0.2, 0) is 33.7 Å². The maximum atomic E-state index is 12.8. The molecule has 10 nitrogen and oxygen atoms in total. The molecule has 1 unspecified atom stereocenters. The Morgan fingerprint density at radius 1 is 1.16 bits per heavy atom. The van der Waals surface area contributed by atoms with Crippen LogP contribution in [0.2, 0.25) is 0 Å². The van der Waals surface area contributed by atoms with Gasteiger partial charge in [0.05, 0.1) is 28.2 Å². The average molecular weight is 770 g/mol. The van der Waals surface area contributed by atoms with Gasteiger partial charge >= 0.3 is 0 Å². The Balaban J connectivity index is 1.39.